The van der Waals surface area contributed by atoms with Crippen LogP contribution in [0, 0.1) is 0 Å². The molecule has 2 N–H and O–H groups in total. The molecule has 1 aromatic rings. The van der Waals surface area contributed by atoms with Crippen molar-refractivity contribution in [3.05, 3.63) is 52.7 Å². The highest BCUT2D eigenvalue weighted by molar-refractivity contribution is 7.80. The molecule has 0 amide bonds. The number of benzene rings is 1. The molecule has 6 nitrogen and oxygen atoms in total. The molecule has 1 atom stereocenters. The van der Waals surface area contributed by atoms with Gasteiger partial charge in [-0.3, -0.25) is 5.43 Å². The normalized spacial score (nSPS) is 19.8. The third kappa shape index (κ3) is 6.39. The van der Waals surface area contributed by atoms with Crippen molar-refractivity contribution in [3.63, 3.8) is 0 Å². The van der Waals surface area contributed by atoms with Crippen molar-refractivity contribution in [2.75, 3.05) is 40.0 Å². The van der Waals surface area contributed by atoms with Gasteiger partial charge in [-0.25, -0.2) is 0 Å². The molecule has 0 saturated carbocycles. The van der Waals surface area contributed by atoms with Crippen molar-refractivity contribution >= 4 is 29.6 Å². The molecule has 0 bridgehead atoms. The van der Waals surface area contributed by atoms with E-state index in [1.807, 2.05) is 19.2 Å². The molecular weight excluding hydrogens is 384 g/mol. The lowest BCUT2D eigenvalue weighted by Gasteiger charge is -2.31. The number of hydrogen-bond acceptors (Lipinski definition) is 5. The first-order valence-electron chi connectivity index (χ1n) is 10.1. The van der Waals surface area contributed by atoms with Gasteiger partial charge in [-0.05, 0) is 54.8 Å². The van der Waals surface area contributed by atoms with Crippen LogP contribution in [0.4, 0.5) is 0 Å². The van der Waals surface area contributed by atoms with E-state index in [2.05, 4.69) is 51.1 Å². The molecule has 1 heterocycles. The van der Waals surface area contributed by atoms with Crippen LogP contribution in [0.5, 0.6) is 0 Å². The predicted octanol–water partition coefficient (Wildman–Crippen LogP) is 2.93. The summed E-state index contributed by atoms with van der Waals surface area (Å²) in [5.74, 6) is 0. The van der Waals surface area contributed by atoms with Gasteiger partial charge in [-0.2, -0.15) is 5.10 Å². The molecule has 3 rings (SSSR count). The minimum atomic E-state index is 0.130. The number of nitrogens with one attached hydrogen (secondary N) is 2. The summed E-state index contributed by atoms with van der Waals surface area (Å²) >= 11 is 5.30. The van der Waals surface area contributed by atoms with Crippen LogP contribution in [0.25, 0.3) is 6.08 Å². The van der Waals surface area contributed by atoms with E-state index in [1.54, 1.807) is 7.11 Å². The molecule has 1 aliphatic carbocycles. The van der Waals surface area contributed by atoms with Crippen molar-refractivity contribution in [3.8, 4) is 0 Å². The zero-order chi connectivity index (χ0) is 20.5. The highest BCUT2D eigenvalue weighted by Crippen LogP contribution is 2.34. The van der Waals surface area contributed by atoms with Crippen LogP contribution in [0.3, 0.4) is 0 Å². The Bertz CT molecular complexity index is 770. The van der Waals surface area contributed by atoms with Crippen molar-refractivity contribution in [2.24, 2.45) is 5.10 Å². The molecule has 1 fully saturated rings. The van der Waals surface area contributed by atoms with Crippen LogP contribution >= 0.6 is 12.2 Å². The quantitative estimate of drug-likeness (QED) is 0.406. The maximum absolute atomic E-state index is 5.55. The fourth-order valence-electron chi connectivity index (χ4n) is 3.64. The molecular formula is C22H30N4O2S. The summed E-state index contributed by atoms with van der Waals surface area (Å²) in [6.45, 7) is 5.93. The van der Waals surface area contributed by atoms with E-state index in [1.165, 1.54) is 22.4 Å². The lowest BCUT2D eigenvalue weighted by atomic mass is 10.1. The van der Waals surface area contributed by atoms with E-state index < -0.39 is 0 Å². The Kier molecular flexibility index (Phi) is 8.22. The molecule has 156 valence electrons. The standard InChI is InChI=1S/C22H30N4O2S/c1-17(16-27-2)24-22(29)25-23-15-20-9-8-19(14-18-6-4-3-5-7-18)21(20)26-10-12-28-13-11-26/h3-7,14-15,17H,8-13,16H2,1-2H3,(H2,24,25,29)/b19-14?,23-15-/t17-/m1/s1. The first-order valence-corrected chi connectivity index (χ1v) is 10.5. The summed E-state index contributed by atoms with van der Waals surface area (Å²) < 4.78 is 10.7. The number of thiocarbonyl (C=S) groups is 1. The van der Waals surface area contributed by atoms with Gasteiger partial charge >= 0.3 is 0 Å². The smallest absolute Gasteiger partial charge is 0.187 e. The number of ether oxygens (including phenoxy) is 2. The van der Waals surface area contributed by atoms with Crippen LogP contribution in [0.1, 0.15) is 25.3 Å². The molecule has 0 radical (unpaired) electrons. The predicted molar refractivity (Wildman–Crippen MR) is 122 cm³/mol. The third-order valence-electron chi connectivity index (χ3n) is 4.92. The maximum atomic E-state index is 5.55. The number of hydrogen-bond donors (Lipinski definition) is 2. The summed E-state index contributed by atoms with van der Waals surface area (Å²) in [5.41, 5.74) is 8.02. The Labute approximate surface area is 178 Å². The third-order valence-corrected chi connectivity index (χ3v) is 5.13. The van der Waals surface area contributed by atoms with E-state index in [0.717, 1.165) is 39.1 Å². The summed E-state index contributed by atoms with van der Waals surface area (Å²) in [4.78, 5) is 2.42. The second-order valence-electron chi connectivity index (χ2n) is 7.25. The molecule has 1 saturated heterocycles. The average Bonchev–Trinajstić information content (AvgIpc) is 3.12. The van der Waals surface area contributed by atoms with Gasteiger partial charge in [0.2, 0.25) is 0 Å². The number of allylic oxidation sites excluding steroid dienone is 2. The van der Waals surface area contributed by atoms with Gasteiger partial charge < -0.3 is 19.7 Å². The Balaban J connectivity index is 1.74. The van der Waals surface area contributed by atoms with Gasteiger partial charge in [-0.15, -0.1) is 0 Å². The minimum Gasteiger partial charge on any atom is -0.383 e. The Morgan fingerprint density at radius 1 is 1.28 bits per heavy atom. The van der Waals surface area contributed by atoms with Gasteiger partial charge in [0.1, 0.15) is 0 Å². The fourth-order valence-corrected chi connectivity index (χ4v) is 3.89. The summed E-state index contributed by atoms with van der Waals surface area (Å²) in [7, 11) is 1.67. The lowest BCUT2D eigenvalue weighted by molar-refractivity contribution is 0.0548. The van der Waals surface area contributed by atoms with Crippen molar-refractivity contribution < 1.29 is 9.47 Å². The zero-order valence-corrected chi connectivity index (χ0v) is 18.0. The number of morpholine rings is 1. The fraction of sp³-hybridized carbons (Fsp3) is 0.455. The molecule has 0 spiro atoms. The van der Waals surface area contributed by atoms with Crippen molar-refractivity contribution in [1.29, 1.82) is 0 Å². The first kappa shape index (κ1) is 21.5. The maximum Gasteiger partial charge on any atom is 0.187 e. The van der Waals surface area contributed by atoms with Gasteiger partial charge in [0, 0.05) is 31.9 Å². The van der Waals surface area contributed by atoms with Crippen LogP contribution in [-0.2, 0) is 9.47 Å². The average molecular weight is 415 g/mol. The Morgan fingerprint density at radius 2 is 2.03 bits per heavy atom. The second-order valence-corrected chi connectivity index (χ2v) is 7.66. The Hall–Kier alpha value is -2.22. The van der Waals surface area contributed by atoms with E-state index >= 15 is 0 Å². The molecule has 29 heavy (non-hydrogen) atoms. The Morgan fingerprint density at radius 3 is 2.76 bits per heavy atom. The van der Waals surface area contributed by atoms with Gasteiger partial charge in [0.25, 0.3) is 0 Å². The molecule has 2 aliphatic rings. The molecule has 1 aromatic carbocycles. The van der Waals surface area contributed by atoms with Crippen LogP contribution in [-0.4, -0.2) is 62.3 Å². The number of methoxy groups -OCH3 is 1. The first-order chi connectivity index (χ1) is 14.2. The molecule has 7 heteroatoms. The highest BCUT2D eigenvalue weighted by atomic mass is 32.1. The molecule has 0 aromatic heterocycles. The van der Waals surface area contributed by atoms with E-state index in [9.17, 15) is 0 Å². The highest BCUT2D eigenvalue weighted by Gasteiger charge is 2.25. The monoisotopic (exact) mass is 414 g/mol. The van der Waals surface area contributed by atoms with Gasteiger partial charge in [0.05, 0.1) is 26.0 Å². The van der Waals surface area contributed by atoms with Crippen LogP contribution in [0.15, 0.2) is 52.3 Å². The molecule has 1 aliphatic heterocycles. The number of hydrazone groups is 1. The van der Waals surface area contributed by atoms with E-state index in [4.69, 9.17) is 21.7 Å². The van der Waals surface area contributed by atoms with Crippen LogP contribution < -0.4 is 10.7 Å². The topological polar surface area (TPSA) is 58.1 Å². The second kappa shape index (κ2) is 11.1. The van der Waals surface area contributed by atoms with Crippen LogP contribution in [0.2, 0.25) is 0 Å². The van der Waals surface area contributed by atoms with E-state index in [-0.39, 0.29) is 6.04 Å². The minimum absolute atomic E-state index is 0.130. The van der Waals surface area contributed by atoms with Gasteiger partial charge in [0.15, 0.2) is 5.11 Å². The van der Waals surface area contributed by atoms with Crippen molar-refractivity contribution in [1.82, 2.24) is 15.6 Å². The lowest BCUT2D eigenvalue weighted by Crippen LogP contribution is -2.40. The summed E-state index contributed by atoms with van der Waals surface area (Å²) in [6, 6.07) is 10.6. The van der Waals surface area contributed by atoms with Crippen molar-refractivity contribution in [2.45, 2.75) is 25.8 Å². The number of nitrogens with zero attached hydrogens (tertiary/aromatic N) is 2. The zero-order valence-electron chi connectivity index (χ0n) is 17.2. The largest absolute Gasteiger partial charge is 0.383 e. The number of rotatable bonds is 7. The van der Waals surface area contributed by atoms with E-state index in [0.29, 0.717) is 11.7 Å². The summed E-state index contributed by atoms with van der Waals surface area (Å²) in [5, 5.41) is 8.04. The SMILES string of the molecule is COC[C@@H](C)NC(=S)N/N=C\C1=C(N2CCOCC2)C(=Cc2ccccc2)CC1. The molecule has 0 unspecified atom stereocenters. The summed E-state index contributed by atoms with van der Waals surface area (Å²) in [6.07, 6.45) is 6.18. The van der Waals surface area contributed by atoms with Gasteiger partial charge in [-0.1, -0.05) is 30.3 Å².